The van der Waals surface area contributed by atoms with Crippen molar-refractivity contribution in [2.45, 2.75) is 25.2 Å². The predicted molar refractivity (Wildman–Crippen MR) is 103 cm³/mol. The van der Waals surface area contributed by atoms with Crippen molar-refractivity contribution in [2.24, 2.45) is 0 Å². The quantitative estimate of drug-likeness (QED) is 0.812. The van der Waals surface area contributed by atoms with Gasteiger partial charge in [-0.25, -0.2) is 8.42 Å². The van der Waals surface area contributed by atoms with Crippen molar-refractivity contribution >= 4 is 22.0 Å². The molecule has 1 aromatic carbocycles. The van der Waals surface area contributed by atoms with Crippen molar-refractivity contribution in [3.05, 3.63) is 53.4 Å². The molecule has 1 N–H and O–H groups in total. The van der Waals surface area contributed by atoms with E-state index in [-0.39, 0.29) is 17.3 Å². The minimum absolute atomic E-state index is 0.103. The van der Waals surface area contributed by atoms with Gasteiger partial charge < -0.3 is 4.90 Å². The van der Waals surface area contributed by atoms with Gasteiger partial charge in [-0.3, -0.25) is 9.89 Å². The highest BCUT2D eigenvalue weighted by Gasteiger charge is 2.31. The van der Waals surface area contributed by atoms with Gasteiger partial charge in [-0.1, -0.05) is 30.3 Å². The van der Waals surface area contributed by atoms with Crippen LogP contribution in [-0.4, -0.2) is 59.9 Å². The highest BCUT2D eigenvalue weighted by Crippen LogP contribution is 2.22. The lowest BCUT2D eigenvalue weighted by Gasteiger charge is -2.21. The molecule has 1 aliphatic rings. The van der Waals surface area contributed by atoms with E-state index in [1.54, 1.807) is 30.9 Å². The summed E-state index contributed by atoms with van der Waals surface area (Å²) in [5.41, 5.74) is 1.96. The fourth-order valence-electron chi connectivity index (χ4n) is 3.24. The monoisotopic (exact) mass is 388 g/mol. The molecule has 0 spiro atoms. The maximum atomic E-state index is 13.0. The molecular formula is C19H24N4O3S. The number of sulfonamides is 1. The molecule has 0 atom stereocenters. The van der Waals surface area contributed by atoms with Crippen LogP contribution in [0.15, 0.2) is 41.3 Å². The van der Waals surface area contributed by atoms with Gasteiger partial charge in [0.2, 0.25) is 15.9 Å². The molecule has 1 fully saturated rings. The van der Waals surface area contributed by atoms with Gasteiger partial charge in [0.05, 0.1) is 11.4 Å². The van der Waals surface area contributed by atoms with Gasteiger partial charge in [0.25, 0.3) is 0 Å². The molecule has 1 aliphatic heterocycles. The summed E-state index contributed by atoms with van der Waals surface area (Å²) in [6.45, 7) is 4.95. The van der Waals surface area contributed by atoms with Gasteiger partial charge in [0.1, 0.15) is 4.90 Å². The molecule has 1 saturated heterocycles. The number of amides is 1. The second-order valence-corrected chi connectivity index (χ2v) is 8.46. The summed E-state index contributed by atoms with van der Waals surface area (Å²) >= 11 is 0. The average Bonchev–Trinajstić information content (AvgIpc) is 2.86. The second-order valence-electron chi connectivity index (χ2n) is 6.59. The predicted octanol–water partition coefficient (Wildman–Crippen LogP) is 1.96. The summed E-state index contributed by atoms with van der Waals surface area (Å²) in [6.07, 6.45) is 3.92. The van der Waals surface area contributed by atoms with E-state index in [0.29, 0.717) is 37.4 Å². The number of aryl methyl sites for hydroxylation is 2. The number of rotatable bonds is 4. The highest BCUT2D eigenvalue weighted by atomic mass is 32.2. The average molecular weight is 388 g/mol. The Balaban J connectivity index is 1.68. The first-order chi connectivity index (χ1) is 12.9. The number of aromatic amines is 1. The molecule has 27 heavy (non-hydrogen) atoms. The van der Waals surface area contributed by atoms with Gasteiger partial charge >= 0.3 is 0 Å². The molecule has 0 unspecified atom stereocenters. The van der Waals surface area contributed by atoms with Gasteiger partial charge in [0.15, 0.2) is 0 Å². The molecule has 0 radical (unpaired) electrons. The van der Waals surface area contributed by atoms with E-state index >= 15 is 0 Å². The zero-order chi connectivity index (χ0) is 19.4. The van der Waals surface area contributed by atoms with Gasteiger partial charge in [-0.05, 0) is 31.9 Å². The molecular weight excluding hydrogens is 364 g/mol. The van der Waals surface area contributed by atoms with Crippen molar-refractivity contribution in [1.29, 1.82) is 0 Å². The van der Waals surface area contributed by atoms with Crippen LogP contribution in [0.2, 0.25) is 0 Å². The number of nitrogens with one attached hydrogen (secondary N) is 1. The Labute approximate surface area is 159 Å². The molecule has 7 nitrogen and oxygen atoms in total. The lowest BCUT2D eigenvalue weighted by Crippen LogP contribution is -2.37. The SMILES string of the molecule is Cc1n[nH]c(C)c1S(=O)(=O)N1CCCN(C(=O)C=Cc2ccccc2)CC1. The molecule has 0 aliphatic carbocycles. The standard InChI is InChI=1S/C19H24N4O3S/c1-15-19(16(2)21-20-15)27(25,26)23-12-6-11-22(13-14-23)18(24)10-9-17-7-4-3-5-8-17/h3-5,7-10H,6,11-14H2,1-2H3,(H,20,21). The van der Waals surface area contributed by atoms with Crippen molar-refractivity contribution in [3.63, 3.8) is 0 Å². The Hall–Kier alpha value is -2.45. The van der Waals surface area contributed by atoms with Crippen LogP contribution in [0.3, 0.4) is 0 Å². The van der Waals surface area contributed by atoms with Crippen LogP contribution in [0, 0.1) is 13.8 Å². The Kier molecular flexibility index (Phi) is 5.76. The number of H-pyrrole nitrogens is 1. The Morgan fingerprint density at radius 2 is 1.85 bits per heavy atom. The van der Waals surface area contributed by atoms with E-state index in [1.165, 1.54) is 4.31 Å². The third kappa shape index (κ3) is 4.28. The fourth-order valence-corrected chi connectivity index (χ4v) is 5.04. The van der Waals surface area contributed by atoms with Crippen LogP contribution in [0.25, 0.3) is 6.08 Å². The van der Waals surface area contributed by atoms with E-state index in [0.717, 1.165) is 5.56 Å². The topological polar surface area (TPSA) is 86.4 Å². The van der Waals surface area contributed by atoms with Crippen molar-refractivity contribution in [1.82, 2.24) is 19.4 Å². The first-order valence-electron chi connectivity index (χ1n) is 8.93. The van der Waals surface area contributed by atoms with Gasteiger partial charge in [-0.15, -0.1) is 0 Å². The number of hydrogen-bond acceptors (Lipinski definition) is 4. The molecule has 2 aromatic rings. The van der Waals surface area contributed by atoms with E-state index in [2.05, 4.69) is 10.2 Å². The minimum atomic E-state index is -3.62. The van der Waals surface area contributed by atoms with Crippen LogP contribution < -0.4 is 0 Å². The Bertz CT molecular complexity index is 916. The fraction of sp³-hybridized carbons (Fsp3) is 0.368. The molecule has 2 heterocycles. The number of hydrogen-bond donors (Lipinski definition) is 1. The van der Waals surface area contributed by atoms with Crippen LogP contribution in [-0.2, 0) is 14.8 Å². The van der Waals surface area contributed by atoms with Crippen LogP contribution in [0.4, 0.5) is 0 Å². The summed E-state index contributed by atoms with van der Waals surface area (Å²) < 4.78 is 27.4. The third-order valence-electron chi connectivity index (χ3n) is 4.64. The number of carbonyl (C=O) groups excluding carboxylic acids is 1. The van der Waals surface area contributed by atoms with E-state index in [4.69, 9.17) is 0 Å². The molecule has 0 bridgehead atoms. The lowest BCUT2D eigenvalue weighted by atomic mass is 10.2. The van der Waals surface area contributed by atoms with E-state index in [9.17, 15) is 13.2 Å². The van der Waals surface area contributed by atoms with Crippen LogP contribution in [0.5, 0.6) is 0 Å². The van der Waals surface area contributed by atoms with E-state index < -0.39 is 10.0 Å². The smallest absolute Gasteiger partial charge is 0.246 e. The van der Waals surface area contributed by atoms with E-state index in [1.807, 2.05) is 30.3 Å². The summed E-state index contributed by atoms with van der Waals surface area (Å²) in [5, 5.41) is 6.72. The number of nitrogens with zero attached hydrogens (tertiary/aromatic N) is 3. The molecule has 1 aromatic heterocycles. The maximum absolute atomic E-state index is 13.0. The molecule has 3 rings (SSSR count). The van der Waals surface area contributed by atoms with Gasteiger partial charge in [-0.2, -0.15) is 9.40 Å². The summed E-state index contributed by atoms with van der Waals surface area (Å²) in [6, 6.07) is 9.61. The normalized spacial score (nSPS) is 16.6. The third-order valence-corrected chi connectivity index (χ3v) is 6.81. The van der Waals surface area contributed by atoms with Crippen molar-refractivity contribution in [2.75, 3.05) is 26.2 Å². The zero-order valence-electron chi connectivity index (χ0n) is 15.6. The number of aromatic nitrogens is 2. The number of benzene rings is 1. The maximum Gasteiger partial charge on any atom is 0.246 e. The summed E-state index contributed by atoms with van der Waals surface area (Å²) in [4.78, 5) is 14.4. The Morgan fingerprint density at radius 1 is 1.11 bits per heavy atom. The van der Waals surface area contributed by atoms with Crippen LogP contribution >= 0.6 is 0 Å². The molecule has 1 amide bonds. The van der Waals surface area contributed by atoms with Crippen LogP contribution in [0.1, 0.15) is 23.4 Å². The highest BCUT2D eigenvalue weighted by molar-refractivity contribution is 7.89. The first-order valence-corrected chi connectivity index (χ1v) is 10.4. The molecule has 0 saturated carbocycles. The summed E-state index contributed by atoms with van der Waals surface area (Å²) in [5.74, 6) is -0.103. The largest absolute Gasteiger partial charge is 0.338 e. The first kappa shape index (κ1) is 19.3. The number of carbonyl (C=O) groups is 1. The Morgan fingerprint density at radius 3 is 2.52 bits per heavy atom. The van der Waals surface area contributed by atoms with Gasteiger partial charge in [0, 0.05) is 32.3 Å². The zero-order valence-corrected chi connectivity index (χ0v) is 16.4. The van der Waals surface area contributed by atoms with Crippen molar-refractivity contribution in [3.8, 4) is 0 Å². The second kappa shape index (κ2) is 8.06. The minimum Gasteiger partial charge on any atom is -0.338 e. The lowest BCUT2D eigenvalue weighted by molar-refractivity contribution is -0.125. The summed E-state index contributed by atoms with van der Waals surface area (Å²) in [7, 11) is -3.62. The molecule has 144 valence electrons. The molecule has 8 heteroatoms. The van der Waals surface area contributed by atoms with Crippen molar-refractivity contribution < 1.29 is 13.2 Å².